The Kier molecular flexibility index (Phi) is 6.64. The molecular formula is C27H24N2O4. The summed E-state index contributed by atoms with van der Waals surface area (Å²) in [4.78, 5) is 30.0. The number of ether oxygens (including phenoxy) is 2. The van der Waals surface area contributed by atoms with Gasteiger partial charge >= 0.3 is 5.97 Å². The molecule has 0 aliphatic rings. The molecule has 4 aromatic rings. The van der Waals surface area contributed by atoms with E-state index in [9.17, 15) is 9.59 Å². The highest BCUT2D eigenvalue weighted by Crippen LogP contribution is 2.27. The van der Waals surface area contributed by atoms with Crippen molar-refractivity contribution < 1.29 is 19.1 Å². The summed E-state index contributed by atoms with van der Waals surface area (Å²) in [7, 11) is 1.61. The van der Waals surface area contributed by atoms with E-state index in [1.165, 1.54) is 0 Å². The number of nitrogens with zero attached hydrogens (tertiary/aromatic N) is 1. The lowest BCUT2D eigenvalue weighted by Crippen LogP contribution is -2.31. The topological polar surface area (TPSA) is 77.5 Å². The zero-order valence-corrected chi connectivity index (χ0v) is 18.4. The lowest BCUT2D eigenvalue weighted by molar-refractivity contribution is -0.124. The minimum Gasteiger partial charge on any atom is -0.497 e. The number of amides is 1. The predicted molar refractivity (Wildman–Crippen MR) is 127 cm³/mol. The fourth-order valence-electron chi connectivity index (χ4n) is 3.57. The molecule has 0 radical (unpaired) electrons. The molecule has 0 bridgehead atoms. The molecule has 1 aromatic heterocycles. The van der Waals surface area contributed by atoms with Gasteiger partial charge in [0.05, 0.1) is 29.9 Å². The Morgan fingerprint density at radius 3 is 2.36 bits per heavy atom. The van der Waals surface area contributed by atoms with Crippen LogP contribution in [0, 0.1) is 0 Å². The molecule has 4 rings (SSSR count). The van der Waals surface area contributed by atoms with Crippen LogP contribution in [-0.4, -0.2) is 30.6 Å². The van der Waals surface area contributed by atoms with Crippen LogP contribution in [0.2, 0.25) is 0 Å². The number of hydrogen-bond donors (Lipinski definition) is 1. The van der Waals surface area contributed by atoms with Crippen LogP contribution in [-0.2, 0) is 9.53 Å². The number of carbonyl (C=O) groups excluding carboxylic acids is 2. The van der Waals surface area contributed by atoms with E-state index in [0.717, 1.165) is 16.9 Å². The van der Waals surface area contributed by atoms with Gasteiger partial charge in [0.2, 0.25) is 0 Å². The Morgan fingerprint density at radius 2 is 1.64 bits per heavy atom. The summed E-state index contributed by atoms with van der Waals surface area (Å²) >= 11 is 0. The number of hydrogen-bond acceptors (Lipinski definition) is 5. The van der Waals surface area contributed by atoms with E-state index in [0.29, 0.717) is 22.2 Å². The van der Waals surface area contributed by atoms with Crippen LogP contribution >= 0.6 is 0 Å². The minimum absolute atomic E-state index is 0.194. The van der Waals surface area contributed by atoms with Crippen molar-refractivity contribution in [1.82, 2.24) is 10.3 Å². The van der Waals surface area contributed by atoms with Gasteiger partial charge in [-0.3, -0.25) is 4.79 Å². The molecule has 0 saturated carbocycles. The molecule has 3 aromatic carbocycles. The van der Waals surface area contributed by atoms with Crippen molar-refractivity contribution in [1.29, 1.82) is 0 Å². The van der Waals surface area contributed by atoms with Crippen LogP contribution in [0.4, 0.5) is 0 Å². The standard InChI is InChI=1S/C27H24N2O4/c1-18(19-8-4-3-5-9-19)28-26(30)17-33-27(31)23-16-25(20-12-14-21(32-2)15-13-20)29-24-11-7-6-10-22(23)24/h3-16,18H,17H2,1-2H3,(H,28,30). The second-order valence-electron chi connectivity index (χ2n) is 7.58. The van der Waals surface area contributed by atoms with Gasteiger partial charge in [-0.05, 0) is 48.9 Å². The Bertz CT molecular complexity index is 1270. The lowest BCUT2D eigenvalue weighted by Gasteiger charge is -2.15. The van der Waals surface area contributed by atoms with Crippen LogP contribution in [0.15, 0.2) is 84.9 Å². The average molecular weight is 440 g/mol. The largest absolute Gasteiger partial charge is 0.497 e. The second-order valence-corrected chi connectivity index (χ2v) is 7.58. The molecular weight excluding hydrogens is 416 g/mol. The maximum atomic E-state index is 13.0. The zero-order chi connectivity index (χ0) is 23.2. The van der Waals surface area contributed by atoms with Crippen molar-refractivity contribution in [2.24, 2.45) is 0 Å². The Morgan fingerprint density at radius 1 is 0.939 bits per heavy atom. The lowest BCUT2D eigenvalue weighted by atomic mass is 10.0. The Balaban J connectivity index is 1.52. The number of rotatable bonds is 7. The van der Waals surface area contributed by atoms with Gasteiger partial charge in [0.15, 0.2) is 6.61 Å². The fourth-order valence-corrected chi connectivity index (χ4v) is 3.57. The van der Waals surface area contributed by atoms with E-state index in [1.807, 2.05) is 85.8 Å². The quantitative estimate of drug-likeness (QED) is 0.412. The van der Waals surface area contributed by atoms with Gasteiger partial charge in [-0.2, -0.15) is 0 Å². The first-order valence-electron chi connectivity index (χ1n) is 10.6. The molecule has 1 unspecified atom stereocenters. The van der Waals surface area contributed by atoms with Gasteiger partial charge in [0.25, 0.3) is 5.91 Å². The zero-order valence-electron chi connectivity index (χ0n) is 18.4. The predicted octanol–water partition coefficient (Wildman–Crippen LogP) is 4.94. The molecule has 1 N–H and O–H groups in total. The monoisotopic (exact) mass is 440 g/mol. The third kappa shape index (κ3) is 5.18. The molecule has 166 valence electrons. The third-order valence-electron chi connectivity index (χ3n) is 5.33. The molecule has 6 heteroatoms. The highest BCUT2D eigenvalue weighted by Gasteiger charge is 2.17. The molecule has 0 saturated heterocycles. The van der Waals surface area contributed by atoms with Crippen LogP contribution in [0.25, 0.3) is 22.2 Å². The number of esters is 1. The Labute approximate surface area is 192 Å². The van der Waals surface area contributed by atoms with E-state index < -0.39 is 5.97 Å². The number of aromatic nitrogens is 1. The van der Waals surface area contributed by atoms with Crippen LogP contribution in [0.3, 0.4) is 0 Å². The SMILES string of the molecule is COc1ccc(-c2cc(C(=O)OCC(=O)NC(C)c3ccccc3)c3ccccc3n2)cc1. The van der Waals surface area contributed by atoms with Gasteiger partial charge in [-0.1, -0.05) is 48.5 Å². The van der Waals surface area contributed by atoms with Gasteiger partial charge in [-0.15, -0.1) is 0 Å². The first-order chi connectivity index (χ1) is 16.0. The van der Waals surface area contributed by atoms with Crippen molar-refractivity contribution in [3.05, 3.63) is 96.1 Å². The van der Waals surface area contributed by atoms with E-state index in [4.69, 9.17) is 9.47 Å². The molecule has 6 nitrogen and oxygen atoms in total. The maximum Gasteiger partial charge on any atom is 0.339 e. The smallest absolute Gasteiger partial charge is 0.339 e. The second kappa shape index (κ2) is 9.96. The van der Waals surface area contributed by atoms with Gasteiger partial charge in [0.1, 0.15) is 5.75 Å². The molecule has 0 fully saturated rings. The number of methoxy groups -OCH3 is 1. The molecule has 1 atom stereocenters. The van der Waals surface area contributed by atoms with Crippen LogP contribution in [0.1, 0.15) is 28.9 Å². The summed E-state index contributed by atoms with van der Waals surface area (Å²) in [5.41, 5.74) is 3.46. The number of fused-ring (bicyclic) bond motifs is 1. The summed E-state index contributed by atoms with van der Waals surface area (Å²) < 4.78 is 10.6. The number of pyridine rings is 1. The van der Waals surface area contributed by atoms with Gasteiger partial charge in [-0.25, -0.2) is 9.78 Å². The first kappa shape index (κ1) is 22.0. The molecule has 0 aliphatic carbocycles. The molecule has 1 heterocycles. The van der Waals surface area contributed by atoms with Crippen LogP contribution in [0.5, 0.6) is 5.75 Å². The first-order valence-corrected chi connectivity index (χ1v) is 10.6. The number of nitrogens with one attached hydrogen (secondary N) is 1. The fraction of sp³-hybridized carbons (Fsp3) is 0.148. The van der Waals surface area contributed by atoms with Crippen molar-refractivity contribution >= 4 is 22.8 Å². The number of para-hydroxylation sites is 1. The summed E-state index contributed by atoms with van der Waals surface area (Å²) in [5, 5.41) is 3.51. The van der Waals surface area contributed by atoms with Crippen molar-refractivity contribution in [2.45, 2.75) is 13.0 Å². The van der Waals surface area contributed by atoms with Crippen molar-refractivity contribution in [2.75, 3.05) is 13.7 Å². The molecule has 1 amide bonds. The van der Waals surface area contributed by atoms with Gasteiger partial charge < -0.3 is 14.8 Å². The highest BCUT2D eigenvalue weighted by atomic mass is 16.5. The maximum absolute atomic E-state index is 13.0. The molecule has 0 spiro atoms. The van der Waals surface area contributed by atoms with E-state index in [1.54, 1.807) is 13.2 Å². The van der Waals surface area contributed by atoms with E-state index in [-0.39, 0.29) is 18.6 Å². The minimum atomic E-state index is -0.578. The Hall–Kier alpha value is -4.19. The summed E-state index contributed by atoms with van der Waals surface area (Å²) in [6, 6.07) is 25.9. The third-order valence-corrected chi connectivity index (χ3v) is 5.33. The van der Waals surface area contributed by atoms with E-state index in [2.05, 4.69) is 10.3 Å². The van der Waals surface area contributed by atoms with Crippen LogP contribution < -0.4 is 10.1 Å². The summed E-state index contributed by atoms with van der Waals surface area (Å²) in [5.74, 6) is -0.214. The van der Waals surface area contributed by atoms with Crippen molar-refractivity contribution in [3.63, 3.8) is 0 Å². The average Bonchev–Trinajstić information content (AvgIpc) is 2.87. The molecule has 33 heavy (non-hydrogen) atoms. The normalized spacial score (nSPS) is 11.6. The highest BCUT2D eigenvalue weighted by molar-refractivity contribution is 6.05. The van der Waals surface area contributed by atoms with Gasteiger partial charge in [0, 0.05) is 10.9 Å². The molecule has 0 aliphatic heterocycles. The number of carbonyl (C=O) groups is 2. The van der Waals surface area contributed by atoms with E-state index >= 15 is 0 Å². The number of benzene rings is 3. The summed E-state index contributed by atoms with van der Waals surface area (Å²) in [6.45, 7) is 1.51. The summed E-state index contributed by atoms with van der Waals surface area (Å²) in [6.07, 6.45) is 0. The van der Waals surface area contributed by atoms with Crippen molar-refractivity contribution in [3.8, 4) is 17.0 Å².